The van der Waals surface area contributed by atoms with Gasteiger partial charge in [0, 0.05) is 24.9 Å². The fourth-order valence-corrected chi connectivity index (χ4v) is 5.99. The molecule has 1 heterocycles. The third-order valence-corrected chi connectivity index (χ3v) is 8.67. The Morgan fingerprint density at radius 2 is 1.41 bits per heavy atom. The number of aromatic nitrogens is 3. The lowest BCUT2D eigenvalue weighted by molar-refractivity contribution is -0.131. The monoisotopic (exact) mass is 651 g/mol. The Morgan fingerprint density at radius 1 is 0.826 bits per heavy atom. The molecule has 13 heteroatoms. The van der Waals surface area contributed by atoms with Crippen molar-refractivity contribution in [1.82, 2.24) is 25.6 Å². The Morgan fingerprint density at radius 3 is 2.00 bits per heavy atom. The van der Waals surface area contributed by atoms with Crippen molar-refractivity contribution in [2.75, 3.05) is 66.0 Å². The Hall–Kier alpha value is -2.61. The molecule has 2 N–H and O–H groups in total. The molecule has 2 aliphatic carbocycles. The summed E-state index contributed by atoms with van der Waals surface area (Å²) in [7, 11) is 0. The SMILES string of the molecule is CC(C)C(=O)[C@@H](NC(=O)CCOCCOCCOCCOCCNC(=O)OCC1C2CCc3nnn(C(C)C)c3CCC21)C(C)C. The fourth-order valence-electron chi connectivity index (χ4n) is 5.99. The molecule has 2 aliphatic rings. The van der Waals surface area contributed by atoms with E-state index in [1.165, 1.54) is 5.69 Å². The van der Waals surface area contributed by atoms with Crippen LogP contribution in [-0.4, -0.2) is 105 Å². The molecule has 1 saturated carbocycles. The average Bonchev–Trinajstić information content (AvgIpc) is 3.49. The molecule has 1 fully saturated rings. The molecule has 0 aliphatic heterocycles. The van der Waals surface area contributed by atoms with Crippen LogP contribution in [0.1, 0.15) is 78.2 Å². The summed E-state index contributed by atoms with van der Waals surface area (Å²) in [6, 6.07) is -0.153. The third-order valence-electron chi connectivity index (χ3n) is 8.67. The quantitative estimate of drug-likeness (QED) is 0.179. The first-order valence-electron chi connectivity index (χ1n) is 17.1. The second-order valence-electron chi connectivity index (χ2n) is 13.2. The molecule has 262 valence electrons. The molecule has 0 aromatic carbocycles. The molecule has 1 aromatic heterocycles. The molecule has 4 atom stereocenters. The summed E-state index contributed by atoms with van der Waals surface area (Å²) in [6.07, 6.45) is 3.89. The fraction of sp³-hybridized carbons (Fsp3) is 0.848. The maximum Gasteiger partial charge on any atom is 0.407 e. The molecule has 0 spiro atoms. The van der Waals surface area contributed by atoms with Gasteiger partial charge in [-0.1, -0.05) is 32.9 Å². The number of hydrogen-bond acceptors (Lipinski definition) is 10. The summed E-state index contributed by atoms with van der Waals surface area (Å²) in [5.41, 5.74) is 2.40. The van der Waals surface area contributed by atoms with Gasteiger partial charge in [0.1, 0.15) is 0 Å². The van der Waals surface area contributed by atoms with Gasteiger partial charge in [0.05, 0.1) is 76.9 Å². The molecular formula is C33H57N5O8. The van der Waals surface area contributed by atoms with Crippen LogP contribution in [0.2, 0.25) is 0 Å². The number of hydrogen-bond donors (Lipinski definition) is 2. The number of carbonyl (C=O) groups is 3. The number of ketones is 1. The normalized spacial score (nSPS) is 19.7. The van der Waals surface area contributed by atoms with E-state index in [2.05, 4.69) is 39.5 Å². The van der Waals surface area contributed by atoms with Crippen molar-refractivity contribution < 1.29 is 38.1 Å². The first-order valence-corrected chi connectivity index (χ1v) is 17.1. The van der Waals surface area contributed by atoms with E-state index in [0.717, 1.165) is 31.4 Å². The number of nitrogens with one attached hydrogen (secondary N) is 2. The number of aryl methyl sites for hydroxylation is 1. The van der Waals surface area contributed by atoms with E-state index in [0.29, 0.717) is 83.2 Å². The number of amides is 2. The largest absolute Gasteiger partial charge is 0.449 e. The molecule has 0 radical (unpaired) electrons. The molecule has 0 bridgehead atoms. The van der Waals surface area contributed by atoms with E-state index in [1.54, 1.807) is 0 Å². The van der Waals surface area contributed by atoms with Crippen molar-refractivity contribution in [3.63, 3.8) is 0 Å². The molecule has 13 nitrogen and oxygen atoms in total. The second-order valence-corrected chi connectivity index (χ2v) is 13.2. The average molecular weight is 652 g/mol. The van der Waals surface area contributed by atoms with Gasteiger partial charge in [-0.25, -0.2) is 9.48 Å². The first-order chi connectivity index (χ1) is 22.1. The molecule has 46 heavy (non-hydrogen) atoms. The Balaban J connectivity index is 1.08. The Bertz CT molecular complexity index is 1080. The number of fused-ring (bicyclic) bond motifs is 2. The van der Waals surface area contributed by atoms with Gasteiger partial charge in [0.2, 0.25) is 5.91 Å². The van der Waals surface area contributed by atoms with E-state index >= 15 is 0 Å². The summed E-state index contributed by atoms with van der Waals surface area (Å²) < 4.78 is 29.5. The minimum absolute atomic E-state index is 0.0394. The zero-order valence-electron chi connectivity index (χ0n) is 28.8. The molecule has 1 aromatic rings. The molecule has 3 rings (SSSR count). The van der Waals surface area contributed by atoms with Crippen molar-refractivity contribution in [3.8, 4) is 0 Å². The van der Waals surface area contributed by atoms with Crippen LogP contribution in [0.25, 0.3) is 0 Å². The zero-order valence-corrected chi connectivity index (χ0v) is 28.8. The van der Waals surface area contributed by atoms with E-state index in [-0.39, 0.29) is 36.6 Å². The zero-order chi connectivity index (χ0) is 33.5. The van der Waals surface area contributed by atoms with Crippen molar-refractivity contribution in [2.24, 2.45) is 29.6 Å². The molecule has 2 amide bonds. The van der Waals surface area contributed by atoms with Crippen LogP contribution >= 0.6 is 0 Å². The van der Waals surface area contributed by atoms with Gasteiger partial charge in [0.15, 0.2) is 5.78 Å². The smallest absolute Gasteiger partial charge is 0.407 e. The lowest BCUT2D eigenvalue weighted by atomic mass is 9.93. The first kappa shape index (κ1) is 37.8. The van der Waals surface area contributed by atoms with E-state index in [1.807, 2.05) is 27.7 Å². The summed E-state index contributed by atoms with van der Waals surface area (Å²) >= 11 is 0. The van der Waals surface area contributed by atoms with Gasteiger partial charge >= 0.3 is 6.09 Å². The second kappa shape index (κ2) is 19.9. The van der Waals surface area contributed by atoms with Gasteiger partial charge in [0.25, 0.3) is 0 Å². The van der Waals surface area contributed by atoms with Crippen LogP contribution < -0.4 is 10.6 Å². The van der Waals surface area contributed by atoms with Crippen LogP contribution in [-0.2, 0) is 46.1 Å². The van der Waals surface area contributed by atoms with Gasteiger partial charge in [-0.15, -0.1) is 5.10 Å². The minimum atomic E-state index is -0.468. The highest BCUT2D eigenvalue weighted by Crippen LogP contribution is 2.53. The van der Waals surface area contributed by atoms with E-state index in [9.17, 15) is 14.4 Å². The topological polar surface area (TPSA) is 152 Å². The van der Waals surface area contributed by atoms with Gasteiger partial charge < -0.3 is 34.3 Å². The van der Waals surface area contributed by atoms with Crippen LogP contribution in [0.15, 0.2) is 0 Å². The van der Waals surface area contributed by atoms with Crippen LogP contribution in [0.4, 0.5) is 4.79 Å². The van der Waals surface area contributed by atoms with Crippen molar-refractivity contribution in [3.05, 3.63) is 11.4 Å². The third kappa shape index (κ3) is 12.5. The van der Waals surface area contributed by atoms with Crippen LogP contribution in [0.3, 0.4) is 0 Å². The predicted octanol–water partition coefficient (Wildman–Crippen LogP) is 3.15. The van der Waals surface area contributed by atoms with E-state index < -0.39 is 12.1 Å². The maximum atomic E-state index is 12.3. The predicted molar refractivity (Wildman–Crippen MR) is 171 cm³/mol. The highest BCUT2D eigenvalue weighted by Gasteiger charge is 2.50. The Labute approximate surface area is 274 Å². The minimum Gasteiger partial charge on any atom is -0.449 e. The number of nitrogens with zero attached hydrogens (tertiary/aromatic N) is 3. The summed E-state index contributed by atoms with van der Waals surface area (Å²) in [6.45, 7) is 15.7. The molecule has 3 unspecified atom stereocenters. The lowest BCUT2D eigenvalue weighted by Crippen LogP contribution is -2.46. The highest BCUT2D eigenvalue weighted by atomic mass is 16.6. The lowest BCUT2D eigenvalue weighted by Gasteiger charge is -2.23. The van der Waals surface area contributed by atoms with Crippen molar-refractivity contribution >= 4 is 17.8 Å². The van der Waals surface area contributed by atoms with Crippen LogP contribution in [0, 0.1) is 29.6 Å². The van der Waals surface area contributed by atoms with Crippen molar-refractivity contribution in [1.29, 1.82) is 0 Å². The number of carbonyl (C=O) groups excluding carboxylic acids is 3. The van der Waals surface area contributed by atoms with E-state index in [4.69, 9.17) is 23.7 Å². The summed E-state index contributed by atoms with van der Waals surface area (Å²) in [5, 5.41) is 14.3. The molecular weight excluding hydrogens is 594 g/mol. The number of Topliss-reactive ketones (excluding diaryl/α,β-unsaturated/α-hetero) is 1. The number of rotatable bonds is 22. The highest BCUT2D eigenvalue weighted by molar-refractivity contribution is 5.90. The van der Waals surface area contributed by atoms with Gasteiger partial charge in [-0.2, -0.15) is 0 Å². The maximum absolute atomic E-state index is 12.3. The van der Waals surface area contributed by atoms with Gasteiger partial charge in [-0.05, 0) is 63.2 Å². The Kier molecular flexibility index (Phi) is 16.4. The van der Waals surface area contributed by atoms with Crippen LogP contribution in [0.5, 0.6) is 0 Å². The summed E-state index contributed by atoms with van der Waals surface area (Å²) in [5.74, 6) is 1.41. The van der Waals surface area contributed by atoms with Crippen molar-refractivity contribution in [2.45, 2.75) is 85.7 Å². The number of alkyl carbamates (subject to hydrolysis) is 1. The standard InChI is InChI=1S/C33H57N5O8/c1-22(2)31(32(40)23(3)4)35-30(39)11-13-42-15-17-44-19-20-45-18-16-43-14-12-34-33(41)46-21-27-25-7-9-28-29(10-8-26(25)27)38(24(5)6)37-36-28/h22-27,31H,7-21H2,1-6H3,(H,34,41)(H,35,39)/t25?,26?,27?,31-/m0/s1. The van der Waals surface area contributed by atoms with Gasteiger partial charge in [-0.3, -0.25) is 9.59 Å². The molecule has 0 saturated heterocycles. The number of ether oxygens (including phenoxy) is 5. The summed E-state index contributed by atoms with van der Waals surface area (Å²) in [4.78, 5) is 36.6.